The van der Waals surface area contributed by atoms with Gasteiger partial charge < -0.3 is 10.6 Å². The number of hydrogen-bond acceptors (Lipinski definition) is 5. The first-order chi connectivity index (χ1) is 10.3. The number of anilines is 3. The molecule has 0 saturated heterocycles. The Morgan fingerprint density at radius 2 is 1.90 bits per heavy atom. The molecule has 0 unspecified atom stereocenters. The van der Waals surface area contributed by atoms with E-state index >= 15 is 0 Å². The van der Waals surface area contributed by atoms with Crippen molar-refractivity contribution in [3.8, 4) is 0 Å². The molecule has 2 heterocycles. The molecule has 21 heavy (non-hydrogen) atoms. The summed E-state index contributed by atoms with van der Waals surface area (Å²) in [5.74, 6) is 2.19. The number of fused-ring (bicyclic) bond motifs is 1. The van der Waals surface area contributed by atoms with E-state index in [0.717, 1.165) is 34.5 Å². The van der Waals surface area contributed by atoms with Gasteiger partial charge in [0, 0.05) is 29.9 Å². The molecule has 0 aliphatic rings. The Hall–Kier alpha value is -2.69. The number of hydrogen-bond donors (Lipinski definition) is 2. The van der Waals surface area contributed by atoms with Crippen LogP contribution in [0.4, 0.5) is 17.6 Å². The van der Waals surface area contributed by atoms with Crippen LogP contribution in [0, 0.1) is 6.92 Å². The van der Waals surface area contributed by atoms with Crippen LogP contribution in [0.15, 0.2) is 42.7 Å². The maximum Gasteiger partial charge on any atom is 0.224 e. The lowest BCUT2D eigenvalue weighted by Crippen LogP contribution is -2.06. The van der Waals surface area contributed by atoms with Gasteiger partial charge >= 0.3 is 0 Å². The number of nitrogens with zero attached hydrogens (tertiary/aromatic N) is 3. The molecule has 3 aromatic rings. The minimum atomic E-state index is 0.617. The van der Waals surface area contributed by atoms with Crippen LogP contribution in [0.1, 0.15) is 12.5 Å². The number of aryl methyl sites for hydroxylation is 1. The van der Waals surface area contributed by atoms with Gasteiger partial charge in [-0.15, -0.1) is 0 Å². The van der Waals surface area contributed by atoms with Crippen LogP contribution in [-0.4, -0.2) is 21.5 Å². The molecule has 5 heteroatoms. The average molecular weight is 279 g/mol. The van der Waals surface area contributed by atoms with Crippen LogP contribution in [0.5, 0.6) is 0 Å². The molecule has 0 bridgehead atoms. The zero-order valence-corrected chi connectivity index (χ0v) is 12.1. The predicted octanol–water partition coefficient (Wildman–Crippen LogP) is 3.51. The van der Waals surface area contributed by atoms with E-state index in [4.69, 9.17) is 0 Å². The molecule has 5 nitrogen and oxygen atoms in total. The van der Waals surface area contributed by atoms with E-state index < -0.39 is 0 Å². The minimum Gasteiger partial charge on any atom is -0.354 e. The summed E-state index contributed by atoms with van der Waals surface area (Å²) in [5.41, 5.74) is 0.978. The Bertz CT molecular complexity index is 764. The number of benzene rings is 1. The van der Waals surface area contributed by atoms with Gasteiger partial charge in [-0.3, -0.25) is 0 Å². The molecule has 0 atom stereocenters. The lowest BCUT2D eigenvalue weighted by atomic mass is 10.1. The monoisotopic (exact) mass is 279 g/mol. The molecule has 106 valence electrons. The Kier molecular flexibility index (Phi) is 3.64. The quantitative estimate of drug-likeness (QED) is 0.765. The fraction of sp³-hybridized carbons (Fsp3) is 0.188. The van der Waals surface area contributed by atoms with Crippen molar-refractivity contribution < 1.29 is 0 Å². The van der Waals surface area contributed by atoms with Crippen molar-refractivity contribution >= 4 is 28.4 Å². The van der Waals surface area contributed by atoms with Gasteiger partial charge in [-0.1, -0.05) is 24.3 Å². The number of pyridine rings is 1. The van der Waals surface area contributed by atoms with Gasteiger partial charge in [-0.25, -0.2) is 9.97 Å². The van der Waals surface area contributed by atoms with Crippen LogP contribution in [0.2, 0.25) is 0 Å². The highest BCUT2D eigenvalue weighted by Crippen LogP contribution is 2.24. The van der Waals surface area contributed by atoms with Gasteiger partial charge in [0.2, 0.25) is 5.95 Å². The number of nitrogens with one attached hydrogen (secondary N) is 2. The largest absolute Gasteiger partial charge is 0.354 e. The molecule has 3 rings (SSSR count). The molecular weight excluding hydrogens is 262 g/mol. The van der Waals surface area contributed by atoms with Gasteiger partial charge in [-0.05, 0) is 25.3 Å². The first-order valence-electron chi connectivity index (χ1n) is 6.96. The van der Waals surface area contributed by atoms with Gasteiger partial charge in [-0.2, -0.15) is 4.98 Å². The van der Waals surface area contributed by atoms with Gasteiger partial charge in [0.1, 0.15) is 11.6 Å². The fourth-order valence-electron chi connectivity index (χ4n) is 2.14. The second kappa shape index (κ2) is 5.75. The van der Waals surface area contributed by atoms with Gasteiger partial charge in [0.25, 0.3) is 0 Å². The van der Waals surface area contributed by atoms with Crippen molar-refractivity contribution in [2.75, 3.05) is 17.2 Å². The van der Waals surface area contributed by atoms with Crippen LogP contribution < -0.4 is 10.6 Å². The predicted molar refractivity (Wildman–Crippen MR) is 86.0 cm³/mol. The summed E-state index contributed by atoms with van der Waals surface area (Å²) in [7, 11) is 0. The molecular formula is C16H17N5. The summed E-state index contributed by atoms with van der Waals surface area (Å²) in [6.45, 7) is 4.78. The topological polar surface area (TPSA) is 62.7 Å². The second-order valence-electron chi connectivity index (χ2n) is 4.76. The van der Waals surface area contributed by atoms with E-state index in [9.17, 15) is 0 Å². The third-order valence-corrected chi connectivity index (χ3v) is 3.22. The Labute approximate surface area is 123 Å². The first-order valence-corrected chi connectivity index (χ1v) is 6.96. The van der Waals surface area contributed by atoms with Crippen molar-refractivity contribution in [1.82, 2.24) is 15.0 Å². The summed E-state index contributed by atoms with van der Waals surface area (Å²) in [5, 5.41) is 8.65. The van der Waals surface area contributed by atoms with Crippen molar-refractivity contribution in [3.05, 3.63) is 48.3 Å². The molecule has 0 amide bonds. The molecule has 0 radical (unpaired) electrons. The summed E-state index contributed by atoms with van der Waals surface area (Å²) in [4.78, 5) is 13.2. The lowest BCUT2D eigenvalue weighted by Gasteiger charge is -2.11. The molecule has 2 aromatic heterocycles. The standard InChI is InChI=1S/C16H17N5/c1-3-17-16-19-10-11(2)14(21-16)20-15-13-7-5-4-6-12(13)8-9-18-15/h4-10H,3H2,1-2H3,(H2,17,18,19,20,21). The maximum absolute atomic E-state index is 4.49. The SMILES string of the molecule is CCNc1ncc(C)c(Nc2nccc3ccccc23)n1. The summed E-state index contributed by atoms with van der Waals surface area (Å²) < 4.78 is 0. The van der Waals surface area contributed by atoms with E-state index in [1.54, 1.807) is 12.4 Å². The summed E-state index contributed by atoms with van der Waals surface area (Å²) in [6.07, 6.45) is 3.60. The fourth-order valence-corrected chi connectivity index (χ4v) is 2.14. The Morgan fingerprint density at radius 1 is 1.05 bits per heavy atom. The van der Waals surface area contributed by atoms with E-state index in [2.05, 4.69) is 31.7 Å². The van der Waals surface area contributed by atoms with Crippen molar-refractivity contribution in [2.45, 2.75) is 13.8 Å². The molecule has 2 N–H and O–H groups in total. The second-order valence-corrected chi connectivity index (χ2v) is 4.76. The zero-order valence-electron chi connectivity index (χ0n) is 12.1. The molecule has 0 fully saturated rings. The smallest absolute Gasteiger partial charge is 0.224 e. The third kappa shape index (κ3) is 2.76. The normalized spacial score (nSPS) is 10.6. The van der Waals surface area contributed by atoms with Gasteiger partial charge in [0.15, 0.2) is 0 Å². The molecule has 0 saturated carbocycles. The molecule has 0 aliphatic carbocycles. The number of aromatic nitrogens is 3. The van der Waals surface area contributed by atoms with E-state index in [0.29, 0.717) is 5.95 Å². The van der Waals surface area contributed by atoms with Gasteiger partial charge in [0.05, 0.1) is 0 Å². The highest BCUT2D eigenvalue weighted by Gasteiger charge is 2.07. The Morgan fingerprint density at radius 3 is 2.76 bits per heavy atom. The lowest BCUT2D eigenvalue weighted by molar-refractivity contribution is 1.07. The Balaban J connectivity index is 2.00. The van der Waals surface area contributed by atoms with Crippen molar-refractivity contribution in [3.63, 3.8) is 0 Å². The maximum atomic E-state index is 4.49. The minimum absolute atomic E-state index is 0.617. The van der Waals surface area contributed by atoms with Crippen LogP contribution in [0.3, 0.4) is 0 Å². The van der Waals surface area contributed by atoms with Crippen LogP contribution >= 0.6 is 0 Å². The highest BCUT2D eigenvalue weighted by atomic mass is 15.2. The van der Waals surface area contributed by atoms with Crippen LogP contribution in [-0.2, 0) is 0 Å². The van der Waals surface area contributed by atoms with E-state index in [1.165, 1.54) is 0 Å². The molecule has 1 aromatic carbocycles. The van der Waals surface area contributed by atoms with Crippen molar-refractivity contribution in [1.29, 1.82) is 0 Å². The molecule has 0 aliphatic heterocycles. The summed E-state index contributed by atoms with van der Waals surface area (Å²) in [6, 6.07) is 10.1. The highest BCUT2D eigenvalue weighted by molar-refractivity contribution is 5.93. The van der Waals surface area contributed by atoms with Crippen LogP contribution in [0.25, 0.3) is 10.8 Å². The molecule has 0 spiro atoms. The van der Waals surface area contributed by atoms with E-state index in [1.807, 2.05) is 38.1 Å². The zero-order chi connectivity index (χ0) is 14.7. The van der Waals surface area contributed by atoms with E-state index in [-0.39, 0.29) is 0 Å². The number of rotatable bonds is 4. The average Bonchev–Trinajstić information content (AvgIpc) is 2.51. The van der Waals surface area contributed by atoms with Crippen molar-refractivity contribution in [2.24, 2.45) is 0 Å². The third-order valence-electron chi connectivity index (χ3n) is 3.22. The summed E-state index contributed by atoms with van der Waals surface area (Å²) >= 11 is 0. The first kappa shape index (κ1) is 13.3.